The first kappa shape index (κ1) is 18.0. The van der Waals surface area contributed by atoms with Crippen molar-refractivity contribution in [2.24, 2.45) is 10.8 Å². The highest BCUT2D eigenvalue weighted by Gasteiger charge is 2.52. The summed E-state index contributed by atoms with van der Waals surface area (Å²) in [6.07, 6.45) is -0.746. The van der Waals surface area contributed by atoms with Crippen molar-refractivity contribution in [3.8, 4) is 0 Å². The van der Waals surface area contributed by atoms with E-state index in [9.17, 15) is 39.6 Å². The minimum absolute atomic E-state index is 0.187. The van der Waals surface area contributed by atoms with Gasteiger partial charge in [0.15, 0.2) is 10.8 Å². The fraction of sp³-hybridized carbons (Fsp3) is 0.300. The van der Waals surface area contributed by atoms with Crippen molar-refractivity contribution in [1.29, 1.82) is 0 Å². The maximum absolute atomic E-state index is 11.8. The molecule has 0 atom stereocenters. The number of rotatable bonds is 4. The Kier molecular flexibility index (Phi) is 3.56. The first-order valence-electron chi connectivity index (χ1n) is 8.61. The standard InChI is InChI=1S/C20H16O8/c21-15(22)19(16(23)24)5-9-1-2-10-6-20(17(25)26,18(27)28)8-12-4-3-11(7-19)13(9)14(10)12/h1-4H,5-8H2,(H,21,22)(H,23,24)(H,25,26)(H,27,28). The summed E-state index contributed by atoms with van der Waals surface area (Å²) in [7, 11) is 0. The SMILES string of the molecule is O=C(O)C1(C(=O)O)Cc2ccc3c4c(ccc(c24)C1)CC(C(=O)O)(C(=O)O)C3. The summed E-state index contributed by atoms with van der Waals surface area (Å²) in [5.41, 5.74) is -1.68. The molecule has 144 valence electrons. The van der Waals surface area contributed by atoms with Gasteiger partial charge in [0, 0.05) is 25.7 Å². The van der Waals surface area contributed by atoms with E-state index in [1.807, 2.05) is 0 Å². The fourth-order valence-corrected chi connectivity index (χ4v) is 4.59. The molecule has 0 saturated heterocycles. The molecule has 8 heteroatoms. The van der Waals surface area contributed by atoms with Crippen molar-refractivity contribution < 1.29 is 39.6 Å². The van der Waals surface area contributed by atoms with E-state index in [1.54, 1.807) is 24.3 Å². The van der Waals surface area contributed by atoms with Crippen LogP contribution in [0.5, 0.6) is 0 Å². The minimum atomic E-state index is -1.96. The average molecular weight is 384 g/mol. The smallest absolute Gasteiger partial charge is 0.321 e. The molecule has 4 rings (SSSR count). The van der Waals surface area contributed by atoms with E-state index >= 15 is 0 Å². The van der Waals surface area contributed by atoms with Crippen LogP contribution in [0.25, 0.3) is 10.8 Å². The third-order valence-corrected chi connectivity index (χ3v) is 6.11. The Labute approximate surface area is 158 Å². The van der Waals surface area contributed by atoms with Crippen LogP contribution in [0.3, 0.4) is 0 Å². The quantitative estimate of drug-likeness (QED) is 0.577. The Morgan fingerprint density at radius 1 is 0.536 bits per heavy atom. The molecule has 2 aliphatic carbocycles. The molecule has 0 bridgehead atoms. The highest BCUT2D eigenvalue weighted by atomic mass is 16.4. The molecule has 2 aromatic carbocycles. The maximum atomic E-state index is 11.8. The van der Waals surface area contributed by atoms with Crippen LogP contribution in [-0.2, 0) is 44.9 Å². The molecule has 0 fully saturated rings. The Balaban J connectivity index is 1.94. The zero-order valence-electron chi connectivity index (χ0n) is 14.6. The van der Waals surface area contributed by atoms with Gasteiger partial charge in [0.05, 0.1) is 0 Å². The van der Waals surface area contributed by atoms with E-state index in [0.717, 1.165) is 10.8 Å². The van der Waals surface area contributed by atoms with Gasteiger partial charge in [-0.05, 0) is 33.0 Å². The lowest BCUT2D eigenvalue weighted by molar-refractivity contribution is -0.166. The van der Waals surface area contributed by atoms with Crippen molar-refractivity contribution in [3.05, 3.63) is 46.5 Å². The molecule has 0 aromatic heterocycles. The van der Waals surface area contributed by atoms with Crippen molar-refractivity contribution in [3.63, 3.8) is 0 Å². The highest BCUT2D eigenvalue weighted by Crippen LogP contribution is 2.46. The summed E-state index contributed by atoms with van der Waals surface area (Å²) in [4.78, 5) is 47.1. The number of carboxylic acids is 4. The summed E-state index contributed by atoms with van der Waals surface area (Å²) in [6.45, 7) is 0. The van der Waals surface area contributed by atoms with Gasteiger partial charge >= 0.3 is 23.9 Å². The van der Waals surface area contributed by atoms with Crippen LogP contribution in [0.2, 0.25) is 0 Å². The van der Waals surface area contributed by atoms with Crippen LogP contribution in [0, 0.1) is 10.8 Å². The van der Waals surface area contributed by atoms with Crippen LogP contribution in [0.15, 0.2) is 24.3 Å². The van der Waals surface area contributed by atoms with Crippen molar-refractivity contribution >= 4 is 34.6 Å². The molecule has 0 heterocycles. The second-order valence-electron chi connectivity index (χ2n) is 7.61. The van der Waals surface area contributed by atoms with Gasteiger partial charge < -0.3 is 20.4 Å². The predicted molar refractivity (Wildman–Crippen MR) is 94.2 cm³/mol. The van der Waals surface area contributed by atoms with Crippen LogP contribution < -0.4 is 0 Å². The Hall–Kier alpha value is -3.42. The fourth-order valence-electron chi connectivity index (χ4n) is 4.59. The molecule has 2 aromatic rings. The number of aliphatic carboxylic acids is 4. The molecular formula is C20H16O8. The van der Waals surface area contributed by atoms with Crippen molar-refractivity contribution in [2.45, 2.75) is 25.7 Å². The lowest BCUT2D eigenvalue weighted by Gasteiger charge is -2.35. The Morgan fingerprint density at radius 3 is 0.929 bits per heavy atom. The summed E-state index contributed by atoms with van der Waals surface area (Å²) < 4.78 is 0. The van der Waals surface area contributed by atoms with Crippen LogP contribution in [-0.4, -0.2) is 44.3 Å². The first-order chi connectivity index (χ1) is 13.1. The van der Waals surface area contributed by atoms with Gasteiger partial charge in [-0.1, -0.05) is 24.3 Å². The molecule has 0 radical (unpaired) electrons. The number of carbonyl (C=O) groups is 4. The average Bonchev–Trinajstić information content (AvgIpc) is 2.64. The molecule has 0 aliphatic heterocycles. The monoisotopic (exact) mass is 384 g/mol. The topological polar surface area (TPSA) is 149 Å². The molecule has 0 unspecified atom stereocenters. The summed E-state index contributed by atoms with van der Waals surface area (Å²) >= 11 is 0. The molecule has 0 amide bonds. The molecule has 28 heavy (non-hydrogen) atoms. The number of hydrogen-bond donors (Lipinski definition) is 4. The predicted octanol–water partition coefficient (Wildman–Crippen LogP) is 1.35. The van der Waals surface area contributed by atoms with Gasteiger partial charge in [-0.2, -0.15) is 0 Å². The lowest BCUT2D eigenvalue weighted by atomic mass is 9.66. The van der Waals surface area contributed by atoms with Gasteiger partial charge in [-0.3, -0.25) is 19.2 Å². The van der Waals surface area contributed by atoms with E-state index in [1.165, 1.54) is 0 Å². The molecule has 2 aliphatic rings. The van der Waals surface area contributed by atoms with E-state index in [4.69, 9.17) is 0 Å². The van der Waals surface area contributed by atoms with Crippen molar-refractivity contribution in [1.82, 2.24) is 0 Å². The zero-order chi connectivity index (χ0) is 20.4. The van der Waals surface area contributed by atoms with Crippen LogP contribution >= 0.6 is 0 Å². The van der Waals surface area contributed by atoms with E-state index in [2.05, 4.69) is 0 Å². The third kappa shape index (κ3) is 2.11. The Morgan fingerprint density at radius 2 is 0.750 bits per heavy atom. The maximum Gasteiger partial charge on any atom is 0.321 e. The largest absolute Gasteiger partial charge is 0.480 e. The normalized spacial score (nSPS) is 18.4. The van der Waals surface area contributed by atoms with Gasteiger partial charge in [0.2, 0.25) is 0 Å². The van der Waals surface area contributed by atoms with E-state index in [-0.39, 0.29) is 25.7 Å². The van der Waals surface area contributed by atoms with Crippen LogP contribution in [0.4, 0.5) is 0 Å². The molecular weight excluding hydrogens is 368 g/mol. The minimum Gasteiger partial charge on any atom is -0.480 e. The Bertz CT molecular complexity index is 928. The van der Waals surface area contributed by atoms with Gasteiger partial charge in [0.1, 0.15) is 0 Å². The summed E-state index contributed by atoms with van der Waals surface area (Å²) in [5.74, 6) is -5.63. The van der Waals surface area contributed by atoms with E-state index in [0.29, 0.717) is 22.3 Å². The molecule has 4 N–H and O–H groups in total. The molecule has 0 spiro atoms. The third-order valence-electron chi connectivity index (χ3n) is 6.11. The second-order valence-corrected chi connectivity index (χ2v) is 7.61. The lowest BCUT2D eigenvalue weighted by Crippen LogP contribution is -2.46. The van der Waals surface area contributed by atoms with Gasteiger partial charge in [0.25, 0.3) is 0 Å². The van der Waals surface area contributed by atoms with Gasteiger partial charge in [-0.15, -0.1) is 0 Å². The van der Waals surface area contributed by atoms with Crippen molar-refractivity contribution in [2.75, 3.05) is 0 Å². The molecule has 8 nitrogen and oxygen atoms in total. The first-order valence-corrected chi connectivity index (χ1v) is 8.61. The summed E-state index contributed by atoms with van der Waals surface area (Å²) in [5, 5.41) is 39.8. The second kappa shape index (κ2) is 5.54. The molecule has 0 saturated carbocycles. The number of benzene rings is 2. The van der Waals surface area contributed by atoms with Gasteiger partial charge in [-0.25, -0.2) is 0 Å². The highest BCUT2D eigenvalue weighted by molar-refractivity contribution is 6.06. The van der Waals surface area contributed by atoms with Crippen LogP contribution in [0.1, 0.15) is 22.3 Å². The summed E-state index contributed by atoms with van der Waals surface area (Å²) in [6, 6.07) is 6.35. The van der Waals surface area contributed by atoms with E-state index < -0.39 is 34.7 Å². The number of carboxylic acid groups (broad SMARTS) is 4. The number of hydrogen-bond acceptors (Lipinski definition) is 4. The zero-order valence-corrected chi connectivity index (χ0v) is 14.6.